The minimum Gasteiger partial charge on any atom is -0.364 e. The molecule has 0 bridgehead atoms. The molecule has 2 amide bonds. The van der Waals surface area contributed by atoms with Gasteiger partial charge in [-0.25, -0.2) is 13.2 Å². The number of benzene rings is 1. The number of nitrogens with one attached hydrogen (secondary N) is 2. The highest BCUT2D eigenvalue weighted by Gasteiger charge is 2.27. The Bertz CT molecular complexity index is 795. The van der Waals surface area contributed by atoms with Crippen molar-refractivity contribution in [2.24, 2.45) is 4.99 Å². The maximum atomic E-state index is 12.4. The van der Waals surface area contributed by atoms with Crippen molar-refractivity contribution in [1.29, 1.82) is 0 Å². The van der Waals surface area contributed by atoms with Crippen LogP contribution in [0.3, 0.4) is 0 Å². The fraction of sp³-hybridized carbons (Fsp3) is 0.294. The number of ether oxygens (including phenoxy) is 1. The summed E-state index contributed by atoms with van der Waals surface area (Å²) in [5.74, 6) is 0. The standard InChI is InChI=1S/C17H22N4O4S/c1-14(4-3-9-18-2)12-19-17(22)20-15-5-7-16(8-6-15)26(23,24)21-10-11-25-13-21/h3-9H,2,10-13H2,1H3,(H2,19,20,22)/b9-3-,14-4+. The molecule has 0 aliphatic carbocycles. The second-order valence-electron chi connectivity index (χ2n) is 5.59. The van der Waals surface area contributed by atoms with Crippen LogP contribution in [-0.4, -0.2) is 51.9 Å². The Morgan fingerprint density at radius 2 is 2.12 bits per heavy atom. The topological polar surface area (TPSA) is 100 Å². The van der Waals surface area contributed by atoms with E-state index in [9.17, 15) is 13.2 Å². The average molecular weight is 378 g/mol. The fourth-order valence-electron chi connectivity index (χ4n) is 2.17. The molecule has 1 aromatic carbocycles. The van der Waals surface area contributed by atoms with Crippen LogP contribution in [0.4, 0.5) is 10.5 Å². The molecule has 0 atom stereocenters. The van der Waals surface area contributed by atoms with E-state index < -0.39 is 10.0 Å². The summed E-state index contributed by atoms with van der Waals surface area (Å²) in [6.45, 7) is 6.37. The number of rotatable bonds is 7. The van der Waals surface area contributed by atoms with Crippen LogP contribution < -0.4 is 10.6 Å². The van der Waals surface area contributed by atoms with Crippen molar-refractivity contribution in [2.75, 3.05) is 31.7 Å². The first-order valence-corrected chi connectivity index (χ1v) is 9.38. The van der Waals surface area contributed by atoms with Crippen molar-refractivity contribution >= 4 is 28.5 Å². The molecule has 1 aliphatic heterocycles. The van der Waals surface area contributed by atoms with Gasteiger partial charge in [0, 0.05) is 25.0 Å². The summed E-state index contributed by atoms with van der Waals surface area (Å²) in [5.41, 5.74) is 1.44. The van der Waals surface area contributed by atoms with Crippen LogP contribution in [0.1, 0.15) is 6.92 Å². The average Bonchev–Trinajstić information content (AvgIpc) is 3.16. The highest BCUT2D eigenvalue weighted by molar-refractivity contribution is 7.89. The van der Waals surface area contributed by atoms with E-state index in [0.29, 0.717) is 25.4 Å². The fourth-order valence-corrected chi connectivity index (χ4v) is 3.47. The van der Waals surface area contributed by atoms with Crippen molar-refractivity contribution in [3.63, 3.8) is 0 Å². The predicted octanol–water partition coefficient (Wildman–Crippen LogP) is 1.95. The number of amides is 2. The zero-order valence-electron chi connectivity index (χ0n) is 14.5. The molecule has 26 heavy (non-hydrogen) atoms. The first kappa shape index (κ1) is 19.8. The molecule has 8 nitrogen and oxygen atoms in total. The van der Waals surface area contributed by atoms with Crippen molar-refractivity contribution in [2.45, 2.75) is 11.8 Å². The van der Waals surface area contributed by atoms with E-state index in [-0.39, 0.29) is 17.7 Å². The number of aliphatic imine (C=N–C) groups is 1. The molecule has 0 unspecified atom stereocenters. The summed E-state index contributed by atoms with van der Waals surface area (Å²) >= 11 is 0. The van der Waals surface area contributed by atoms with Crippen LogP contribution in [0.15, 0.2) is 58.1 Å². The second-order valence-corrected chi connectivity index (χ2v) is 7.52. The molecule has 2 N–H and O–H groups in total. The molecule has 2 rings (SSSR count). The van der Waals surface area contributed by atoms with E-state index >= 15 is 0 Å². The van der Waals surface area contributed by atoms with Crippen LogP contribution in [-0.2, 0) is 14.8 Å². The predicted molar refractivity (Wildman–Crippen MR) is 101 cm³/mol. The van der Waals surface area contributed by atoms with Gasteiger partial charge in [0.05, 0.1) is 11.5 Å². The Balaban J connectivity index is 1.90. The summed E-state index contributed by atoms with van der Waals surface area (Å²) in [6, 6.07) is 5.63. The smallest absolute Gasteiger partial charge is 0.319 e. The quantitative estimate of drug-likeness (QED) is 0.559. The van der Waals surface area contributed by atoms with Gasteiger partial charge in [-0.1, -0.05) is 11.6 Å². The van der Waals surface area contributed by atoms with Crippen molar-refractivity contribution < 1.29 is 17.9 Å². The monoisotopic (exact) mass is 378 g/mol. The summed E-state index contributed by atoms with van der Waals surface area (Å²) in [5, 5.41) is 5.36. The number of carbonyl (C=O) groups is 1. The van der Waals surface area contributed by atoms with Gasteiger partial charge in [-0.15, -0.1) is 0 Å². The Morgan fingerprint density at radius 3 is 2.73 bits per heavy atom. The third kappa shape index (κ3) is 5.51. The first-order valence-electron chi connectivity index (χ1n) is 7.94. The van der Waals surface area contributed by atoms with Gasteiger partial charge in [0.1, 0.15) is 6.73 Å². The molecular weight excluding hydrogens is 356 g/mol. The van der Waals surface area contributed by atoms with Gasteiger partial charge < -0.3 is 15.4 Å². The summed E-state index contributed by atoms with van der Waals surface area (Å²) in [7, 11) is -3.56. The van der Waals surface area contributed by atoms with Crippen molar-refractivity contribution in [3.05, 3.63) is 48.2 Å². The van der Waals surface area contributed by atoms with E-state index in [1.165, 1.54) is 16.4 Å². The third-order valence-corrected chi connectivity index (χ3v) is 5.41. The lowest BCUT2D eigenvalue weighted by molar-refractivity contribution is 0.172. The van der Waals surface area contributed by atoms with Crippen LogP contribution in [0, 0.1) is 0 Å². The highest BCUT2D eigenvalue weighted by Crippen LogP contribution is 2.20. The van der Waals surface area contributed by atoms with Crippen LogP contribution in [0.2, 0.25) is 0 Å². The van der Waals surface area contributed by atoms with Gasteiger partial charge in [0.25, 0.3) is 0 Å². The number of hydrogen-bond donors (Lipinski definition) is 2. The number of carbonyl (C=O) groups excluding carboxylic acids is 1. The van der Waals surface area contributed by atoms with Gasteiger partial charge >= 0.3 is 6.03 Å². The number of nitrogens with zero attached hydrogens (tertiary/aromatic N) is 2. The summed E-state index contributed by atoms with van der Waals surface area (Å²) in [4.78, 5) is 15.6. The van der Waals surface area contributed by atoms with E-state index in [1.807, 2.05) is 13.0 Å². The largest absolute Gasteiger partial charge is 0.364 e. The van der Waals surface area contributed by atoms with Gasteiger partial charge in [0.2, 0.25) is 10.0 Å². The van der Waals surface area contributed by atoms with Crippen molar-refractivity contribution in [3.8, 4) is 0 Å². The lowest BCUT2D eigenvalue weighted by atomic mass is 10.3. The maximum absolute atomic E-state index is 12.4. The van der Waals surface area contributed by atoms with E-state index in [2.05, 4.69) is 22.3 Å². The zero-order chi connectivity index (χ0) is 19.0. The molecule has 0 saturated carbocycles. The molecule has 140 valence electrons. The van der Waals surface area contributed by atoms with Gasteiger partial charge in [-0.05, 0) is 44.0 Å². The highest BCUT2D eigenvalue weighted by atomic mass is 32.2. The number of anilines is 1. The van der Waals surface area contributed by atoms with Crippen molar-refractivity contribution in [1.82, 2.24) is 9.62 Å². The third-order valence-electron chi connectivity index (χ3n) is 3.57. The van der Waals surface area contributed by atoms with E-state index in [0.717, 1.165) is 5.57 Å². The number of urea groups is 1. The van der Waals surface area contributed by atoms with Crippen LogP contribution >= 0.6 is 0 Å². The molecule has 1 saturated heterocycles. The summed E-state index contributed by atoms with van der Waals surface area (Å²) < 4.78 is 31.1. The number of allylic oxidation sites excluding steroid dienone is 2. The minimum absolute atomic E-state index is 0.0651. The van der Waals surface area contributed by atoms with Gasteiger partial charge in [-0.3, -0.25) is 4.99 Å². The number of sulfonamides is 1. The first-order chi connectivity index (χ1) is 12.4. The van der Waals surface area contributed by atoms with Crippen LogP contribution in [0.25, 0.3) is 0 Å². The molecular formula is C17H22N4O4S. The molecule has 1 heterocycles. The Morgan fingerprint density at radius 1 is 1.38 bits per heavy atom. The Labute approximate surface area is 153 Å². The lowest BCUT2D eigenvalue weighted by Crippen LogP contribution is -2.30. The zero-order valence-corrected chi connectivity index (χ0v) is 15.3. The second kappa shape index (κ2) is 9.27. The van der Waals surface area contributed by atoms with E-state index in [1.54, 1.807) is 24.4 Å². The number of hydrogen-bond acceptors (Lipinski definition) is 5. The molecule has 9 heteroatoms. The normalized spacial score (nSPS) is 16.0. The minimum atomic E-state index is -3.56. The van der Waals surface area contributed by atoms with Crippen LogP contribution in [0.5, 0.6) is 0 Å². The van der Waals surface area contributed by atoms with Gasteiger partial charge in [-0.2, -0.15) is 4.31 Å². The van der Waals surface area contributed by atoms with Gasteiger partial charge in [0.15, 0.2) is 0 Å². The Kier molecular flexibility index (Phi) is 7.07. The molecule has 0 spiro atoms. The Hall–Kier alpha value is -2.49. The molecule has 0 aromatic heterocycles. The van der Waals surface area contributed by atoms with E-state index in [4.69, 9.17) is 4.74 Å². The molecule has 0 radical (unpaired) electrons. The maximum Gasteiger partial charge on any atom is 0.319 e. The SMILES string of the molecule is C=N/C=C\C=C(/C)CNC(=O)Nc1ccc(S(=O)(=O)N2CCOC2)cc1. The molecule has 1 fully saturated rings. The molecule has 1 aliphatic rings. The molecule has 1 aromatic rings. The lowest BCUT2D eigenvalue weighted by Gasteiger charge is -2.14. The summed E-state index contributed by atoms with van der Waals surface area (Å²) in [6.07, 6.45) is 5.09.